The molecule has 0 aliphatic heterocycles. The van der Waals surface area contributed by atoms with Crippen LogP contribution in [0.4, 0.5) is 5.69 Å². The number of para-hydroxylation sites is 1. The van der Waals surface area contributed by atoms with Gasteiger partial charge in [0.2, 0.25) is 0 Å². The number of anilines is 1. The standard InChI is InChI=1S/C19H14BrN3OS/c20-13-10-8-12(9-11-13)19(24)22-17-7-2-1-4-14(17)15-5-3-6-16(21)18(15)23-25/h1-11,21,25H,(H,22,24)/b21-16?,23-18-. The van der Waals surface area contributed by atoms with Crippen molar-refractivity contribution >= 4 is 57.3 Å². The average molecular weight is 412 g/mol. The fraction of sp³-hybridized carbons (Fsp3) is 0. The number of thiol groups is 1. The second-order valence-electron chi connectivity index (χ2n) is 5.31. The van der Waals surface area contributed by atoms with E-state index >= 15 is 0 Å². The molecule has 0 fully saturated rings. The van der Waals surface area contributed by atoms with Crippen LogP contribution < -0.4 is 5.32 Å². The van der Waals surface area contributed by atoms with Crippen molar-refractivity contribution < 1.29 is 4.79 Å². The topological polar surface area (TPSA) is 65.3 Å². The van der Waals surface area contributed by atoms with Crippen molar-refractivity contribution in [1.29, 1.82) is 5.41 Å². The third-order valence-electron chi connectivity index (χ3n) is 3.71. The number of hydrogen-bond donors (Lipinski definition) is 3. The number of allylic oxidation sites excluding steroid dienone is 4. The lowest BCUT2D eigenvalue weighted by Gasteiger charge is -2.17. The molecule has 0 aromatic heterocycles. The molecular weight excluding hydrogens is 398 g/mol. The SMILES string of the molecule is N=C1C=CC=C(c2ccccc2NC(=O)c2ccc(Br)cc2)/C1=N/S. The lowest BCUT2D eigenvalue weighted by molar-refractivity contribution is 0.102. The van der Waals surface area contributed by atoms with Crippen LogP contribution in [0, 0.1) is 5.41 Å². The first-order valence-corrected chi connectivity index (χ1v) is 8.65. The van der Waals surface area contributed by atoms with Gasteiger partial charge in [-0.3, -0.25) is 10.2 Å². The van der Waals surface area contributed by atoms with Gasteiger partial charge in [0.1, 0.15) is 5.71 Å². The molecule has 25 heavy (non-hydrogen) atoms. The van der Waals surface area contributed by atoms with Crippen LogP contribution in [-0.2, 0) is 0 Å². The monoisotopic (exact) mass is 411 g/mol. The Bertz CT molecular complexity index is 930. The van der Waals surface area contributed by atoms with E-state index in [1.165, 1.54) is 0 Å². The summed E-state index contributed by atoms with van der Waals surface area (Å²) in [5.41, 5.74) is 3.49. The molecule has 0 saturated heterocycles. The molecule has 4 nitrogen and oxygen atoms in total. The normalized spacial score (nSPS) is 15.2. The zero-order valence-corrected chi connectivity index (χ0v) is 15.5. The highest BCUT2D eigenvalue weighted by molar-refractivity contribution is 9.10. The highest BCUT2D eigenvalue weighted by atomic mass is 79.9. The molecule has 0 radical (unpaired) electrons. The van der Waals surface area contributed by atoms with E-state index in [2.05, 4.69) is 38.5 Å². The third-order valence-corrected chi connectivity index (χ3v) is 4.44. The van der Waals surface area contributed by atoms with Crippen molar-refractivity contribution in [2.45, 2.75) is 0 Å². The average Bonchev–Trinajstić information content (AvgIpc) is 2.62. The molecule has 2 N–H and O–H groups in total. The van der Waals surface area contributed by atoms with Gasteiger partial charge in [-0.25, -0.2) is 4.40 Å². The maximum Gasteiger partial charge on any atom is 0.255 e. The van der Waals surface area contributed by atoms with Crippen molar-refractivity contribution in [3.05, 3.63) is 82.4 Å². The number of carbonyl (C=O) groups is 1. The smallest absolute Gasteiger partial charge is 0.255 e. The van der Waals surface area contributed by atoms with E-state index in [1.54, 1.807) is 24.3 Å². The molecule has 1 aliphatic carbocycles. The second-order valence-corrected chi connectivity index (χ2v) is 6.42. The minimum Gasteiger partial charge on any atom is -0.321 e. The summed E-state index contributed by atoms with van der Waals surface area (Å²) in [6, 6.07) is 14.6. The van der Waals surface area contributed by atoms with E-state index in [4.69, 9.17) is 5.41 Å². The van der Waals surface area contributed by atoms with Crippen LogP contribution >= 0.6 is 28.7 Å². The summed E-state index contributed by atoms with van der Waals surface area (Å²) in [4.78, 5) is 12.5. The number of nitrogens with one attached hydrogen (secondary N) is 2. The highest BCUT2D eigenvalue weighted by Crippen LogP contribution is 2.28. The van der Waals surface area contributed by atoms with Gasteiger partial charge in [0, 0.05) is 26.9 Å². The van der Waals surface area contributed by atoms with Crippen molar-refractivity contribution in [3.63, 3.8) is 0 Å². The molecule has 1 amide bonds. The number of nitrogens with zero attached hydrogens (tertiary/aromatic N) is 1. The highest BCUT2D eigenvalue weighted by Gasteiger charge is 2.19. The Labute approximate surface area is 159 Å². The Balaban J connectivity index is 1.95. The van der Waals surface area contributed by atoms with Gasteiger partial charge in [-0.15, -0.1) is 0 Å². The summed E-state index contributed by atoms with van der Waals surface area (Å²) in [6.45, 7) is 0. The van der Waals surface area contributed by atoms with Crippen LogP contribution in [0.1, 0.15) is 15.9 Å². The van der Waals surface area contributed by atoms with Crippen LogP contribution in [0.5, 0.6) is 0 Å². The van der Waals surface area contributed by atoms with E-state index in [9.17, 15) is 4.79 Å². The molecular formula is C19H14BrN3OS. The van der Waals surface area contributed by atoms with E-state index < -0.39 is 0 Å². The Kier molecular flexibility index (Phi) is 5.31. The van der Waals surface area contributed by atoms with Crippen molar-refractivity contribution in [1.82, 2.24) is 0 Å². The quantitative estimate of drug-likeness (QED) is 0.484. The predicted molar refractivity (Wildman–Crippen MR) is 110 cm³/mol. The lowest BCUT2D eigenvalue weighted by atomic mass is 9.93. The number of hydrogen-bond acceptors (Lipinski definition) is 4. The van der Waals surface area contributed by atoms with Gasteiger partial charge in [0.05, 0.1) is 5.71 Å². The number of amides is 1. The van der Waals surface area contributed by atoms with Gasteiger partial charge in [0.15, 0.2) is 0 Å². The third kappa shape index (κ3) is 3.81. The molecule has 0 heterocycles. The molecule has 124 valence electrons. The lowest BCUT2D eigenvalue weighted by Crippen LogP contribution is -2.18. The Morgan fingerprint density at radius 2 is 1.84 bits per heavy atom. The fourth-order valence-corrected chi connectivity index (χ4v) is 2.97. The molecule has 2 aromatic carbocycles. The maximum absolute atomic E-state index is 12.5. The van der Waals surface area contributed by atoms with Crippen molar-refractivity contribution in [3.8, 4) is 0 Å². The molecule has 0 atom stereocenters. The van der Waals surface area contributed by atoms with Gasteiger partial charge in [0.25, 0.3) is 5.91 Å². The Morgan fingerprint density at radius 3 is 2.56 bits per heavy atom. The van der Waals surface area contributed by atoms with Crippen LogP contribution in [-0.4, -0.2) is 17.3 Å². The summed E-state index contributed by atoms with van der Waals surface area (Å²) < 4.78 is 4.84. The van der Waals surface area contributed by atoms with Crippen LogP contribution in [0.3, 0.4) is 0 Å². The van der Waals surface area contributed by atoms with Crippen LogP contribution in [0.25, 0.3) is 5.57 Å². The molecule has 6 heteroatoms. The molecule has 0 spiro atoms. The van der Waals surface area contributed by atoms with E-state index in [0.717, 1.165) is 15.6 Å². The zero-order valence-electron chi connectivity index (χ0n) is 13.0. The van der Waals surface area contributed by atoms with Crippen LogP contribution in [0.15, 0.2) is 75.6 Å². The fourth-order valence-electron chi connectivity index (χ4n) is 2.49. The van der Waals surface area contributed by atoms with Gasteiger partial charge in [-0.1, -0.05) is 46.3 Å². The van der Waals surface area contributed by atoms with E-state index in [1.807, 2.05) is 42.5 Å². The number of halogens is 1. The zero-order chi connectivity index (χ0) is 17.8. The van der Waals surface area contributed by atoms with Gasteiger partial charge in [-0.05, 0) is 49.2 Å². The summed E-state index contributed by atoms with van der Waals surface area (Å²) in [5, 5.41) is 10.9. The predicted octanol–water partition coefficient (Wildman–Crippen LogP) is 4.96. The van der Waals surface area contributed by atoms with Gasteiger partial charge >= 0.3 is 0 Å². The first kappa shape index (κ1) is 17.4. The molecule has 2 aromatic rings. The minimum absolute atomic E-state index is 0.202. The van der Waals surface area contributed by atoms with Crippen LogP contribution in [0.2, 0.25) is 0 Å². The summed E-state index contributed by atoms with van der Waals surface area (Å²) in [7, 11) is 0. The summed E-state index contributed by atoms with van der Waals surface area (Å²) >= 11 is 7.34. The van der Waals surface area contributed by atoms with Crippen molar-refractivity contribution in [2.24, 2.45) is 4.40 Å². The summed E-state index contributed by atoms with van der Waals surface area (Å²) in [6.07, 6.45) is 5.30. The molecule has 0 unspecified atom stereocenters. The van der Waals surface area contributed by atoms with Gasteiger partial charge < -0.3 is 5.32 Å². The first-order valence-electron chi connectivity index (χ1n) is 7.46. The Hall–Kier alpha value is -2.44. The number of carbonyl (C=O) groups excluding carboxylic acids is 1. The number of benzene rings is 2. The number of rotatable bonds is 3. The van der Waals surface area contributed by atoms with Gasteiger partial charge in [-0.2, -0.15) is 0 Å². The maximum atomic E-state index is 12.5. The second kappa shape index (κ2) is 7.63. The van der Waals surface area contributed by atoms with E-state index in [0.29, 0.717) is 17.0 Å². The Morgan fingerprint density at radius 1 is 1.12 bits per heavy atom. The molecule has 0 bridgehead atoms. The minimum atomic E-state index is -0.202. The molecule has 1 aliphatic rings. The summed E-state index contributed by atoms with van der Waals surface area (Å²) in [5.74, 6) is -0.202. The van der Waals surface area contributed by atoms with E-state index in [-0.39, 0.29) is 11.6 Å². The molecule has 0 saturated carbocycles. The largest absolute Gasteiger partial charge is 0.321 e. The molecule has 3 rings (SSSR count). The van der Waals surface area contributed by atoms with Crippen molar-refractivity contribution in [2.75, 3.05) is 5.32 Å². The first-order chi connectivity index (χ1) is 12.1.